The Bertz CT molecular complexity index is 648. The highest BCUT2D eigenvalue weighted by molar-refractivity contribution is 5.94. The van der Waals surface area contributed by atoms with Gasteiger partial charge in [0.05, 0.1) is 0 Å². The number of aryl methyl sites for hydroxylation is 1. The number of nitrogens with one attached hydrogen (secondary N) is 1. The Morgan fingerprint density at radius 3 is 3.19 bits per heavy atom. The molecule has 2 aromatic rings. The number of hydrogen-bond acceptors (Lipinski definition) is 5. The van der Waals surface area contributed by atoms with Crippen molar-refractivity contribution in [2.75, 3.05) is 13.1 Å². The quantitative estimate of drug-likeness (QED) is 0.899. The highest BCUT2D eigenvalue weighted by Gasteiger charge is 2.31. The first-order chi connectivity index (χ1) is 10.3. The minimum absolute atomic E-state index is 0.0302. The molecule has 1 aliphatic carbocycles. The minimum atomic E-state index is 0.0302. The maximum Gasteiger partial charge on any atom is 0.274 e. The number of rotatable bonds is 2. The molecule has 110 valence electrons. The average molecular weight is 287 g/mol. The summed E-state index contributed by atoms with van der Waals surface area (Å²) in [5.74, 6) is 0.885. The van der Waals surface area contributed by atoms with E-state index in [1.165, 1.54) is 6.39 Å². The van der Waals surface area contributed by atoms with Crippen molar-refractivity contribution in [3.8, 4) is 0 Å². The van der Waals surface area contributed by atoms with Crippen LogP contribution in [0, 0.1) is 0 Å². The van der Waals surface area contributed by atoms with Crippen molar-refractivity contribution < 1.29 is 9.32 Å². The molecule has 0 bridgehead atoms. The lowest BCUT2D eigenvalue weighted by Crippen LogP contribution is -2.39. The van der Waals surface area contributed by atoms with Crippen molar-refractivity contribution >= 4 is 5.91 Å². The highest BCUT2D eigenvalue weighted by Crippen LogP contribution is 2.28. The van der Waals surface area contributed by atoms with Crippen LogP contribution in [0.25, 0.3) is 0 Å². The van der Waals surface area contributed by atoms with Gasteiger partial charge >= 0.3 is 0 Å². The molecule has 1 N–H and O–H groups in total. The molecule has 0 saturated carbocycles. The summed E-state index contributed by atoms with van der Waals surface area (Å²) in [6, 6.07) is 0. The van der Waals surface area contributed by atoms with Gasteiger partial charge in [-0.3, -0.25) is 9.89 Å². The summed E-state index contributed by atoms with van der Waals surface area (Å²) in [4.78, 5) is 18.7. The Labute approximate surface area is 121 Å². The molecule has 1 aliphatic heterocycles. The van der Waals surface area contributed by atoms with Gasteiger partial charge in [0.1, 0.15) is 0 Å². The summed E-state index contributed by atoms with van der Waals surface area (Å²) >= 11 is 0. The summed E-state index contributed by atoms with van der Waals surface area (Å²) in [5.41, 5.74) is 2.85. The first-order valence-corrected chi connectivity index (χ1v) is 7.44. The van der Waals surface area contributed by atoms with E-state index in [-0.39, 0.29) is 11.8 Å². The Balaban J connectivity index is 1.54. The van der Waals surface area contributed by atoms with Crippen LogP contribution in [-0.4, -0.2) is 44.2 Å². The Morgan fingerprint density at radius 2 is 2.33 bits per heavy atom. The van der Waals surface area contributed by atoms with Crippen molar-refractivity contribution in [1.29, 1.82) is 0 Å². The van der Waals surface area contributed by atoms with Crippen molar-refractivity contribution in [2.24, 2.45) is 0 Å². The van der Waals surface area contributed by atoms with Gasteiger partial charge in [0.2, 0.25) is 6.39 Å². The van der Waals surface area contributed by atoms with Gasteiger partial charge in [-0.1, -0.05) is 5.16 Å². The molecule has 3 heterocycles. The lowest BCUT2D eigenvalue weighted by Gasteiger charge is -2.30. The van der Waals surface area contributed by atoms with Crippen molar-refractivity contribution in [3.05, 3.63) is 29.2 Å². The van der Waals surface area contributed by atoms with Gasteiger partial charge in [-0.25, -0.2) is 0 Å². The largest absolute Gasteiger partial charge is 0.343 e. The molecule has 1 amide bonds. The number of aromatic nitrogens is 4. The van der Waals surface area contributed by atoms with Crippen LogP contribution < -0.4 is 0 Å². The zero-order chi connectivity index (χ0) is 14.2. The number of likely N-dealkylation sites (tertiary alicyclic amines) is 1. The number of hydrogen-bond donors (Lipinski definition) is 1. The molecule has 1 fully saturated rings. The van der Waals surface area contributed by atoms with E-state index in [4.69, 9.17) is 4.52 Å². The van der Waals surface area contributed by atoms with E-state index < -0.39 is 0 Å². The fourth-order valence-electron chi connectivity index (χ4n) is 3.38. The number of fused-ring (bicyclic) bond motifs is 1. The molecule has 1 saturated heterocycles. The van der Waals surface area contributed by atoms with Gasteiger partial charge in [-0.05, 0) is 32.1 Å². The number of carbonyl (C=O) groups excluding carboxylic acids is 1. The third-order valence-electron chi connectivity index (χ3n) is 4.46. The summed E-state index contributed by atoms with van der Waals surface area (Å²) in [6.07, 6.45) is 6.35. The van der Waals surface area contributed by atoms with E-state index in [1.807, 2.05) is 4.90 Å². The van der Waals surface area contributed by atoms with E-state index in [0.29, 0.717) is 18.1 Å². The molecule has 7 heteroatoms. The fourth-order valence-corrected chi connectivity index (χ4v) is 3.38. The van der Waals surface area contributed by atoms with Crippen LogP contribution in [-0.2, 0) is 12.8 Å². The summed E-state index contributed by atoms with van der Waals surface area (Å²) in [6.45, 7) is 1.41. The second-order valence-corrected chi connectivity index (χ2v) is 5.76. The van der Waals surface area contributed by atoms with E-state index in [9.17, 15) is 4.79 Å². The Kier molecular flexibility index (Phi) is 2.98. The van der Waals surface area contributed by atoms with Crippen molar-refractivity contribution in [1.82, 2.24) is 25.2 Å². The fraction of sp³-hybridized carbons (Fsp3) is 0.571. The minimum Gasteiger partial charge on any atom is -0.343 e. The van der Waals surface area contributed by atoms with Crippen LogP contribution in [0.15, 0.2) is 10.9 Å². The average Bonchev–Trinajstić information content (AvgIpc) is 3.23. The summed E-state index contributed by atoms with van der Waals surface area (Å²) in [7, 11) is 0. The van der Waals surface area contributed by atoms with E-state index >= 15 is 0 Å². The van der Waals surface area contributed by atoms with Gasteiger partial charge in [-0.2, -0.15) is 10.1 Å². The lowest BCUT2D eigenvalue weighted by atomic mass is 9.97. The van der Waals surface area contributed by atoms with Gasteiger partial charge in [0.25, 0.3) is 5.91 Å². The van der Waals surface area contributed by atoms with Gasteiger partial charge in [0, 0.05) is 30.3 Å². The van der Waals surface area contributed by atoms with Gasteiger partial charge in [-0.15, -0.1) is 0 Å². The Morgan fingerprint density at radius 1 is 1.38 bits per heavy atom. The smallest absolute Gasteiger partial charge is 0.274 e. The monoisotopic (exact) mass is 287 g/mol. The zero-order valence-electron chi connectivity index (χ0n) is 11.7. The van der Waals surface area contributed by atoms with E-state index in [0.717, 1.165) is 49.9 Å². The Hall–Kier alpha value is -2.18. The van der Waals surface area contributed by atoms with E-state index in [2.05, 4.69) is 20.3 Å². The first-order valence-electron chi connectivity index (χ1n) is 7.44. The molecule has 7 nitrogen and oxygen atoms in total. The molecule has 0 aromatic carbocycles. The second kappa shape index (κ2) is 4.98. The third-order valence-corrected chi connectivity index (χ3v) is 4.46. The summed E-state index contributed by atoms with van der Waals surface area (Å²) < 4.78 is 4.81. The molecular weight excluding hydrogens is 270 g/mol. The molecule has 0 unspecified atom stereocenters. The SMILES string of the molecule is O=C(c1n[nH]c2c1CCC2)N1CCC[C@H](c2ncon2)C1. The molecule has 4 rings (SSSR count). The highest BCUT2D eigenvalue weighted by atomic mass is 16.5. The second-order valence-electron chi connectivity index (χ2n) is 5.76. The normalized spacial score (nSPS) is 21.5. The van der Waals surface area contributed by atoms with Crippen LogP contribution >= 0.6 is 0 Å². The standard InChI is InChI=1S/C14H17N5O2/c20-14(12-10-4-1-5-11(10)16-17-12)19-6-2-3-9(7-19)13-15-8-21-18-13/h8-9H,1-7H2,(H,16,17)/t9-/m0/s1. The molecule has 1 atom stereocenters. The van der Waals surface area contributed by atoms with Crippen LogP contribution in [0.4, 0.5) is 0 Å². The molecular formula is C14H17N5O2. The zero-order valence-corrected chi connectivity index (χ0v) is 11.7. The van der Waals surface area contributed by atoms with Gasteiger partial charge < -0.3 is 9.42 Å². The van der Waals surface area contributed by atoms with Crippen LogP contribution in [0.1, 0.15) is 52.8 Å². The van der Waals surface area contributed by atoms with Crippen LogP contribution in [0.2, 0.25) is 0 Å². The van der Waals surface area contributed by atoms with E-state index in [1.54, 1.807) is 0 Å². The maximum atomic E-state index is 12.7. The topological polar surface area (TPSA) is 87.9 Å². The molecule has 2 aromatic heterocycles. The predicted molar refractivity (Wildman–Crippen MR) is 72.8 cm³/mol. The maximum absolute atomic E-state index is 12.7. The third kappa shape index (κ3) is 2.12. The number of piperidine rings is 1. The number of H-pyrrole nitrogens is 1. The number of carbonyl (C=O) groups is 1. The number of nitrogens with zero attached hydrogens (tertiary/aromatic N) is 4. The van der Waals surface area contributed by atoms with Crippen molar-refractivity contribution in [3.63, 3.8) is 0 Å². The van der Waals surface area contributed by atoms with Gasteiger partial charge in [0.15, 0.2) is 11.5 Å². The lowest BCUT2D eigenvalue weighted by molar-refractivity contribution is 0.0696. The first kappa shape index (κ1) is 12.6. The van der Waals surface area contributed by atoms with Crippen molar-refractivity contribution in [2.45, 2.75) is 38.0 Å². The predicted octanol–water partition coefficient (Wildman–Crippen LogP) is 1.30. The molecule has 0 spiro atoms. The van der Waals surface area contributed by atoms with Crippen LogP contribution in [0.3, 0.4) is 0 Å². The number of amides is 1. The summed E-state index contributed by atoms with van der Waals surface area (Å²) in [5, 5.41) is 11.2. The molecule has 21 heavy (non-hydrogen) atoms. The molecule has 0 radical (unpaired) electrons. The number of aromatic amines is 1. The molecule has 2 aliphatic rings. The van der Waals surface area contributed by atoms with Crippen LogP contribution in [0.5, 0.6) is 0 Å².